The van der Waals surface area contributed by atoms with Gasteiger partial charge in [0, 0.05) is 26.1 Å². The lowest BCUT2D eigenvalue weighted by Crippen LogP contribution is -2.39. The first kappa shape index (κ1) is 16.9. The average molecular weight is 350 g/mol. The van der Waals surface area contributed by atoms with Crippen molar-refractivity contribution in [3.05, 3.63) is 36.4 Å². The van der Waals surface area contributed by atoms with E-state index in [1.54, 1.807) is 34.9 Å². The first-order chi connectivity index (χ1) is 11.5. The highest BCUT2D eigenvalue weighted by Gasteiger charge is 2.32. The number of ether oxygens (including phenoxy) is 1. The van der Waals surface area contributed by atoms with Crippen LogP contribution in [0.2, 0.25) is 0 Å². The van der Waals surface area contributed by atoms with E-state index in [1.807, 2.05) is 18.5 Å². The first-order valence-electron chi connectivity index (χ1n) is 8.09. The minimum absolute atomic E-state index is 0.0729. The number of sulfonamides is 1. The quantitative estimate of drug-likeness (QED) is 0.821. The molecule has 3 rings (SSSR count). The molecule has 0 amide bonds. The molecule has 2 heterocycles. The monoisotopic (exact) mass is 350 g/mol. The standard InChI is InChI=1S/C16H22N4O3S/c1-3-23-14-6-8-15(9-7-14)24(21,22)20-10-4-5-13(11-20)16-18-17-12-19(16)2/h6-9,12-13H,3-5,10-11H2,1-2H3/t13-/m1/s1. The van der Waals surface area contributed by atoms with Crippen LogP contribution in [0.15, 0.2) is 35.5 Å². The van der Waals surface area contributed by atoms with Gasteiger partial charge in [-0.1, -0.05) is 0 Å². The molecule has 1 aromatic heterocycles. The fraction of sp³-hybridized carbons (Fsp3) is 0.500. The molecule has 1 aliphatic heterocycles. The van der Waals surface area contributed by atoms with Gasteiger partial charge in [-0.15, -0.1) is 10.2 Å². The summed E-state index contributed by atoms with van der Waals surface area (Å²) in [4.78, 5) is 0.296. The van der Waals surface area contributed by atoms with Crippen molar-refractivity contribution in [2.75, 3.05) is 19.7 Å². The zero-order chi connectivity index (χ0) is 17.2. The summed E-state index contributed by atoms with van der Waals surface area (Å²) in [6.07, 6.45) is 3.38. The third-order valence-electron chi connectivity index (χ3n) is 4.27. The van der Waals surface area contributed by atoms with Gasteiger partial charge in [-0.2, -0.15) is 4.31 Å². The van der Waals surface area contributed by atoms with Crippen molar-refractivity contribution in [2.45, 2.75) is 30.6 Å². The Balaban J connectivity index is 1.80. The summed E-state index contributed by atoms with van der Waals surface area (Å²) in [5.41, 5.74) is 0. The molecule has 7 nitrogen and oxygen atoms in total. The summed E-state index contributed by atoms with van der Waals surface area (Å²) in [5, 5.41) is 8.04. The van der Waals surface area contributed by atoms with E-state index in [4.69, 9.17) is 4.74 Å². The minimum Gasteiger partial charge on any atom is -0.494 e. The smallest absolute Gasteiger partial charge is 0.243 e. The van der Waals surface area contributed by atoms with Crippen LogP contribution < -0.4 is 4.74 Å². The number of rotatable bonds is 5. The van der Waals surface area contributed by atoms with Crippen molar-refractivity contribution < 1.29 is 13.2 Å². The molecule has 0 spiro atoms. The maximum absolute atomic E-state index is 12.9. The molecule has 1 atom stereocenters. The van der Waals surface area contributed by atoms with Crippen molar-refractivity contribution in [1.29, 1.82) is 0 Å². The number of aryl methyl sites for hydroxylation is 1. The largest absolute Gasteiger partial charge is 0.494 e. The van der Waals surface area contributed by atoms with Crippen LogP contribution in [0, 0.1) is 0 Å². The van der Waals surface area contributed by atoms with E-state index >= 15 is 0 Å². The van der Waals surface area contributed by atoms with Gasteiger partial charge in [-0.05, 0) is 44.0 Å². The second-order valence-electron chi connectivity index (χ2n) is 5.91. The summed E-state index contributed by atoms with van der Waals surface area (Å²) >= 11 is 0. The molecule has 24 heavy (non-hydrogen) atoms. The lowest BCUT2D eigenvalue weighted by molar-refractivity contribution is 0.306. The molecule has 1 aliphatic rings. The van der Waals surface area contributed by atoms with Crippen molar-refractivity contribution in [3.63, 3.8) is 0 Å². The minimum atomic E-state index is -3.51. The molecule has 0 N–H and O–H groups in total. The molecule has 0 unspecified atom stereocenters. The van der Waals surface area contributed by atoms with Gasteiger partial charge in [-0.25, -0.2) is 8.42 Å². The van der Waals surface area contributed by atoms with Gasteiger partial charge in [-0.3, -0.25) is 0 Å². The third-order valence-corrected chi connectivity index (χ3v) is 6.15. The molecule has 0 saturated carbocycles. The number of nitrogens with zero attached hydrogens (tertiary/aromatic N) is 4. The molecule has 1 aromatic carbocycles. The van der Waals surface area contributed by atoms with Gasteiger partial charge >= 0.3 is 0 Å². The molecule has 0 radical (unpaired) electrons. The Kier molecular flexibility index (Phi) is 4.86. The van der Waals surface area contributed by atoms with Crippen molar-refractivity contribution in [2.24, 2.45) is 7.05 Å². The molecule has 1 saturated heterocycles. The fourth-order valence-electron chi connectivity index (χ4n) is 3.06. The van der Waals surface area contributed by atoms with Crippen LogP contribution in [0.4, 0.5) is 0 Å². The fourth-order valence-corrected chi connectivity index (χ4v) is 4.58. The molecule has 0 aliphatic carbocycles. The summed E-state index contributed by atoms with van der Waals surface area (Å²) in [6, 6.07) is 6.60. The molecule has 1 fully saturated rings. The highest BCUT2D eigenvalue weighted by Crippen LogP contribution is 2.29. The average Bonchev–Trinajstić information content (AvgIpc) is 3.02. The number of hydrogen-bond acceptors (Lipinski definition) is 5. The van der Waals surface area contributed by atoms with Crippen LogP contribution in [0.1, 0.15) is 31.5 Å². The Morgan fingerprint density at radius 2 is 2.04 bits per heavy atom. The van der Waals surface area contributed by atoms with Gasteiger partial charge in [0.2, 0.25) is 10.0 Å². The summed E-state index contributed by atoms with van der Waals surface area (Å²) in [5.74, 6) is 1.58. The predicted octanol–water partition coefficient (Wildman–Crippen LogP) is 1.78. The lowest BCUT2D eigenvalue weighted by atomic mass is 9.99. The molecular formula is C16H22N4O3S. The highest BCUT2D eigenvalue weighted by molar-refractivity contribution is 7.89. The van der Waals surface area contributed by atoms with Crippen molar-refractivity contribution in [3.8, 4) is 5.75 Å². The Morgan fingerprint density at radius 3 is 2.67 bits per heavy atom. The van der Waals surface area contributed by atoms with Crippen LogP contribution in [0.5, 0.6) is 5.75 Å². The normalized spacial score (nSPS) is 19.3. The topological polar surface area (TPSA) is 77.3 Å². The maximum atomic E-state index is 12.9. The Morgan fingerprint density at radius 1 is 1.29 bits per heavy atom. The lowest BCUT2D eigenvalue weighted by Gasteiger charge is -2.31. The van der Waals surface area contributed by atoms with E-state index < -0.39 is 10.0 Å². The Labute approximate surface area is 142 Å². The summed E-state index contributed by atoms with van der Waals surface area (Å²) < 4.78 is 34.6. The zero-order valence-electron chi connectivity index (χ0n) is 13.9. The van der Waals surface area contributed by atoms with Crippen LogP contribution in [-0.2, 0) is 17.1 Å². The van der Waals surface area contributed by atoms with Crippen LogP contribution in [-0.4, -0.2) is 47.2 Å². The van der Waals surface area contributed by atoms with Gasteiger partial charge in [0.15, 0.2) is 0 Å². The number of hydrogen-bond donors (Lipinski definition) is 0. The summed E-state index contributed by atoms with van der Waals surface area (Å²) in [6.45, 7) is 3.41. The second-order valence-corrected chi connectivity index (χ2v) is 7.84. The third kappa shape index (κ3) is 3.29. The van der Waals surface area contributed by atoms with E-state index in [9.17, 15) is 8.42 Å². The molecular weight excluding hydrogens is 328 g/mol. The predicted molar refractivity (Wildman–Crippen MR) is 89.3 cm³/mol. The zero-order valence-corrected chi connectivity index (χ0v) is 14.7. The van der Waals surface area contributed by atoms with E-state index in [0.29, 0.717) is 30.3 Å². The van der Waals surface area contributed by atoms with Gasteiger partial charge in [0.25, 0.3) is 0 Å². The molecule has 0 bridgehead atoms. The van der Waals surface area contributed by atoms with Gasteiger partial charge in [0.1, 0.15) is 17.9 Å². The SMILES string of the molecule is CCOc1ccc(S(=O)(=O)N2CCC[C@@H](c3nncn3C)C2)cc1. The molecule has 130 valence electrons. The van der Waals surface area contributed by atoms with Crippen LogP contribution in [0.3, 0.4) is 0 Å². The van der Waals surface area contributed by atoms with E-state index in [1.165, 1.54) is 0 Å². The number of piperidine rings is 1. The highest BCUT2D eigenvalue weighted by atomic mass is 32.2. The van der Waals surface area contributed by atoms with Crippen molar-refractivity contribution in [1.82, 2.24) is 19.1 Å². The van der Waals surface area contributed by atoms with Crippen molar-refractivity contribution >= 4 is 10.0 Å². The van der Waals surface area contributed by atoms with Gasteiger partial charge < -0.3 is 9.30 Å². The molecule has 8 heteroatoms. The van der Waals surface area contributed by atoms with Gasteiger partial charge in [0.05, 0.1) is 11.5 Å². The summed E-state index contributed by atoms with van der Waals surface area (Å²) in [7, 11) is -1.63. The Hall–Kier alpha value is -1.93. The first-order valence-corrected chi connectivity index (χ1v) is 9.53. The number of aromatic nitrogens is 3. The number of benzene rings is 1. The molecule has 2 aromatic rings. The van der Waals surface area contributed by atoms with Crippen LogP contribution >= 0.6 is 0 Å². The Bertz CT molecular complexity index is 786. The van der Waals surface area contributed by atoms with E-state index in [2.05, 4.69) is 10.2 Å². The van der Waals surface area contributed by atoms with E-state index in [0.717, 1.165) is 18.7 Å². The second kappa shape index (κ2) is 6.90. The van der Waals surface area contributed by atoms with Crippen LogP contribution in [0.25, 0.3) is 0 Å². The van der Waals surface area contributed by atoms with E-state index in [-0.39, 0.29) is 5.92 Å². The maximum Gasteiger partial charge on any atom is 0.243 e.